The largest absolute Gasteiger partial charge is 0.478 e. The lowest BCUT2D eigenvalue weighted by Crippen LogP contribution is -2.41. The van der Waals surface area contributed by atoms with Gasteiger partial charge in [0, 0.05) is 24.1 Å². The predicted octanol–water partition coefficient (Wildman–Crippen LogP) is 3.28. The fraction of sp³-hybridized carbons (Fsp3) is 0.304. The van der Waals surface area contributed by atoms with Crippen molar-refractivity contribution in [1.29, 1.82) is 0 Å². The Balaban J connectivity index is 0.000000208. The van der Waals surface area contributed by atoms with Crippen molar-refractivity contribution < 1.29 is 19.8 Å². The van der Waals surface area contributed by atoms with Gasteiger partial charge in [-0.15, -0.1) is 0 Å². The van der Waals surface area contributed by atoms with Crippen molar-refractivity contribution in [3.63, 3.8) is 0 Å². The molecule has 0 radical (unpaired) electrons. The standard InChI is InChI=1S/C19H19N.C4H4O4/c1-20(2)19-15-11-7-3-5-9-13(11)16-17(18(16)19)14-10-6-4-8-12(14)15;5-3(6)1-2-4(7)8/h3-10,15-19H,1-2H3;1-2H,(H,5,6)(H,7,8)/b;2-1+. The monoisotopic (exact) mass is 377 g/mol. The Morgan fingerprint density at radius 2 is 1.18 bits per heavy atom. The number of aliphatic carboxylic acids is 2. The Bertz CT molecular complexity index is 895. The minimum Gasteiger partial charge on any atom is -0.478 e. The molecular formula is C23H23NO4. The van der Waals surface area contributed by atoms with Gasteiger partial charge < -0.3 is 15.1 Å². The summed E-state index contributed by atoms with van der Waals surface area (Å²) in [7, 11) is 4.51. The molecule has 2 aromatic carbocycles. The van der Waals surface area contributed by atoms with Crippen LogP contribution < -0.4 is 0 Å². The maximum absolute atomic E-state index is 9.55. The fourth-order valence-electron chi connectivity index (χ4n) is 5.30. The van der Waals surface area contributed by atoms with E-state index in [-0.39, 0.29) is 0 Å². The second-order valence-corrected chi connectivity index (χ2v) is 7.83. The molecule has 1 saturated carbocycles. The molecule has 28 heavy (non-hydrogen) atoms. The lowest BCUT2D eigenvalue weighted by atomic mass is 9.72. The third kappa shape index (κ3) is 2.92. The molecule has 3 aliphatic carbocycles. The molecular weight excluding hydrogens is 354 g/mol. The van der Waals surface area contributed by atoms with Crippen LogP contribution in [-0.2, 0) is 9.59 Å². The molecule has 2 aromatic rings. The van der Waals surface area contributed by atoms with Crippen molar-refractivity contribution in [2.24, 2.45) is 5.92 Å². The molecule has 2 bridgehead atoms. The quantitative estimate of drug-likeness (QED) is 0.803. The molecule has 0 aliphatic heterocycles. The first-order valence-electron chi connectivity index (χ1n) is 9.39. The molecule has 0 aromatic heterocycles. The number of fused-ring (bicyclic) bond motifs is 8. The molecule has 3 aliphatic rings. The van der Waals surface area contributed by atoms with Crippen LogP contribution in [-0.4, -0.2) is 47.2 Å². The number of hydrogen-bond donors (Lipinski definition) is 2. The summed E-state index contributed by atoms with van der Waals surface area (Å²) in [4.78, 5) is 21.6. The van der Waals surface area contributed by atoms with Gasteiger partial charge in [0.25, 0.3) is 0 Å². The summed E-state index contributed by atoms with van der Waals surface area (Å²) in [5.41, 5.74) is 6.42. The van der Waals surface area contributed by atoms with Gasteiger partial charge in [-0.3, -0.25) is 0 Å². The summed E-state index contributed by atoms with van der Waals surface area (Å²) in [5.74, 6) is 0.411. The van der Waals surface area contributed by atoms with Crippen molar-refractivity contribution in [3.8, 4) is 0 Å². The highest BCUT2D eigenvalue weighted by molar-refractivity contribution is 5.89. The molecule has 0 spiro atoms. The van der Waals surface area contributed by atoms with E-state index in [9.17, 15) is 9.59 Å². The van der Waals surface area contributed by atoms with Gasteiger partial charge in [0.15, 0.2) is 0 Å². The third-order valence-electron chi connectivity index (χ3n) is 6.16. The van der Waals surface area contributed by atoms with Gasteiger partial charge in [-0.1, -0.05) is 48.5 Å². The summed E-state index contributed by atoms with van der Waals surface area (Å²) in [5, 5.41) is 15.6. The minimum atomic E-state index is -1.26. The molecule has 0 saturated heterocycles. The second-order valence-electron chi connectivity index (χ2n) is 7.83. The first-order chi connectivity index (χ1) is 13.4. The molecule has 3 unspecified atom stereocenters. The Kier molecular flexibility index (Phi) is 4.55. The van der Waals surface area contributed by atoms with Crippen LogP contribution in [0.15, 0.2) is 60.7 Å². The highest BCUT2D eigenvalue weighted by atomic mass is 16.4. The van der Waals surface area contributed by atoms with E-state index in [0.717, 1.165) is 17.8 Å². The van der Waals surface area contributed by atoms with E-state index in [0.29, 0.717) is 24.1 Å². The Morgan fingerprint density at radius 1 is 0.786 bits per heavy atom. The van der Waals surface area contributed by atoms with E-state index >= 15 is 0 Å². The predicted molar refractivity (Wildman–Crippen MR) is 106 cm³/mol. The van der Waals surface area contributed by atoms with E-state index in [1.807, 2.05) is 0 Å². The summed E-state index contributed by atoms with van der Waals surface area (Å²) < 4.78 is 0. The van der Waals surface area contributed by atoms with Gasteiger partial charge in [0.2, 0.25) is 0 Å². The number of rotatable bonds is 3. The molecule has 2 N–H and O–H groups in total. The topological polar surface area (TPSA) is 77.8 Å². The Morgan fingerprint density at radius 3 is 1.54 bits per heavy atom. The van der Waals surface area contributed by atoms with Gasteiger partial charge in [-0.25, -0.2) is 9.59 Å². The molecule has 144 valence electrons. The number of carboxylic acids is 2. The molecule has 0 heterocycles. The minimum absolute atomic E-state index is 0.558. The van der Waals surface area contributed by atoms with E-state index in [1.54, 1.807) is 22.3 Å². The molecule has 3 atom stereocenters. The van der Waals surface area contributed by atoms with Crippen molar-refractivity contribution in [2.45, 2.75) is 23.8 Å². The van der Waals surface area contributed by atoms with Gasteiger partial charge in [-0.2, -0.15) is 0 Å². The number of carboxylic acid groups (broad SMARTS) is 2. The van der Waals surface area contributed by atoms with E-state index < -0.39 is 11.9 Å². The first-order valence-corrected chi connectivity index (χ1v) is 9.39. The summed E-state index contributed by atoms with van der Waals surface area (Å²) in [6, 6.07) is 19.0. The summed E-state index contributed by atoms with van der Waals surface area (Å²) >= 11 is 0. The number of likely N-dealkylation sites (N-methyl/N-ethyl adjacent to an activating group) is 1. The van der Waals surface area contributed by atoms with Gasteiger partial charge in [-0.05, 0) is 54.1 Å². The second kappa shape index (κ2) is 6.91. The molecule has 5 rings (SSSR count). The molecule has 5 nitrogen and oxygen atoms in total. The zero-order valence-electron chi connectivity index (χ0n) is 15.8. The highest BCUT2D eigenvalue weighted by Crippen LogP contribution is 2.72. The van der Waals surface area contributed by atoms with Crippen LogP contribution in [0, 0.1) is 5.92 Å². The smallest absolute Gasteiger partial charge is 0.328 e. The van der Waals surface area contributed by atoms with Crippen LogP contribution in [0.1, 0.15) is 40.0 Å². The Labute approximate surface area is 163 Å². The molecule has 1 fully saturated rings. The van der Waals surface area contributed by atoms with Crippen LogP contribution in [0.4, 0.5) is 0 Å². The summed E-state index contributed by atoms with van der Waals surface area (Å²) in [6.45, 7) is 0. The Hall–Kier alpha value is -2.92. The van der Waals surface area contributed by atoms with Crippen molar-refractivity contribution in [1.82, 2.24) is 4.90 Å². The number of carbonyl (C=O) groups is 2. The normalized spacial score (nSPS) is 28.0. The lowest BCUT2D eigenvalue weighted by Gasteiger charge is -2.40. The van der Waals surface area contributed by atoms with Crippen LogP contribution in [0.2, 0.25) is 0 Å². The first kappa shape index (κ1) is 18.4. The number of nitrogens with zero attached hydrogens (tertiary/aromatic N) is 1. The van der Waals surface area contributed by atoms with Crippen molar-refractivity contribution >= 4 is 11.9 Å². The lowest BCUT2D eigenvalue weighted by molar-refractivity contribution is -0.134. The number of benzene rings is 2. The molecule has 0 amide bonds. The van der Waals surface area contributed by atoms with Crippen molar-refractivity contribution in [2.75, 3.05) is 14.1 Å². The highest BCUT2D eigenvalue weighted by Gasteiger charge is 2.65. The maximum atomic E-state index is 9.55. The SMILES string of the molecule is CN(C)C1C2c3ccccc3C3C(c4ccccc42)C31.O=C(O)/C=C/C(=O)O. The maximum Gasteiger partial charge on any atom is 0.328 e. The third-order valence-corrected chi connectivity index (χ3v) is 6.16. The van der Waals surface area contributed by atoms with Crippen LogP contribution in [0.25, 0.3) is 0 Å². The van der Waals surface area contributed by atoms with Crippen LogP contribution in [0.5, 0.6) is 0 Å². The number of hydrogen-bond acceptors (Lipinski definition) is 3. The molecule has 5 heteroatoms. The van der Waals surface area contributed by atoms with Gasteiger partial charge in [0.05, 0.1) is 0 Å². The average Bonchev–Trinajstić information content (AvgIpc) is 3.44. The fourth-order valence-corrected chi connectivity index (χ4v) is 5.30. The zero-order valence-corrected chi connectivity index (χ0v) is 15.8. The van der Waals surface area contributed by atoms with E-state index in [4.69, 9.17) is 10.2 Å². The summed E-state index contributed by atoms with van der Waals surface area (Å²) in [6.07, 6.45) is 1.12. The van der Waals surface area contributed by atoms with Crippen LogP contribution >= 0.6 is 0 Å². The average molecular weight is 377 g/mol. The van der Waals surface area contributed by atoms with E-state index in [2.05, 4.69) is 67.5 Å². The van der Waals surface area contributed by atoms with E-state index in [1.165, 1.54) is 0 Å². The van der Waals surface area contributed by atoms with Crippen LogP contribution in [0.3, 0.4) is 0 Å². The van der Waals surface area contributed by atoms with Gasteiger partial charge >= 0.3 is 11.9 Å². The zero-order chi connectivity index (χ0) is 20.0. The van der Waals surface area contributed by atoms with Gasteiger partial charge in [0.1, 0.15) is 0 Å². The van der Waals surface area contributed by atoms with Crippen molar-refractivity contribution in [3.05, 3.63) is 82.9 Å².